The van der Waals surface area contributed by atoms with E-state index in [2.05, 4.69) is 5.32 Å². The SMILES string of the molecule is CC(CC(=N)C(=O)O)NCCOc1cccc(C(F)(F)F)c1. The molecule has 0 aliphatic carbocycles. The molecule has 1 aromatic rings. The van der Waals surface area contributed by atoms with Crippen LogP contribution in [0.1, 0.15) is 18.9 Å². The van der Waals surface area contributed by atoms with Gasteiger partial charge in [-0.3, -0.25) is 5.41 Å². The molecule has 22 heavy (non-hydrogen) atoms. The van der Waals surface area contributed by atoms with Gasteiger partial charge < -0.3 is 15.2 Å². The Morgan fingerprint density at radius 2 is 2.14 bits per heavy atom. The fourth-order valence-electron chi connectivity index (χ4n) is 1.70. The molecule has 1 aromatic carbocycles. The summed E-state index contributed by atoms with van der Waals surface area (Å²) in [6.45, 7) is 2.16. The Hall–Kier alpha value is -2.09. The van der Waals surface area contributed by atoms with Gasteiger partial charge in [-0.2, -0.15) is 13.2 Å². The Bertz CT molecular complexity index is 532. The standard InChI is InChI=1S/C14H17F3N2O3/c1-9(7-12(18)13(20)21)19-5-6-22-11-4-2-3-10(8-11)14(15,16)17/h2-4,8-9,18-19H,5-7H2,1H3,(H,20,21). The van der Waals surface area contributed by atoms with Gasteiger partial charge in [0, 0.05) is 19.0 Å². The molecule has 0 saturated heterocycles. The van der Waals surface area contributed by atoms with Crippen LogP contribution >= 0.6 is 0 Å². The van der Waals surface area contributed by atoms with Crippen LogP contribution < -0.4 is 10.1 Å². The van der Waals surface area contributed by atoms with Gasteiger partial charge in [0.15, 0.2) is 0 Å². The van der Waals surface area contributed by atoms with Crippen LogP contribution in [0.3, 0.4) is 0 Å². The first kappa shape index (κ1) is 18.0. The number of carbonyl (C=O) groups is 1. The van der Waals surface area contributed by atoms with Crippen molar-refractivity contribution in [2.24, 2.45) is 0 Å². The van der Waals surface area contributed by atoms with Crippen LogP contribution in [0.15, 0.2) is 24.3 Å². The van der Waals surface area contributed by atoms with Gasteiger partial charge in [0.25, 0.3) is 0 Å². The molecule has 0 amide bonds. The normalized spacial score (nSPS) is 12.7. The largest absolute Gasteiger partial charge is 0.492 e. The molecular formula is C14H17F3N2O3. The van der Waals surface area contributed by atoms with Gasteiger partial charge in [0.1, 0.15) is 18.1 Å². The Balaban J connectivity index is 2.36. The predicted octanol–water partition coefficient (Wildman–Crippen LogP) is 2.56. The molecular weight excluding hydrogens is 301 g/mol. The van der Waals surface area contributed by atoms with Crippen molar-refractivity contribution >= 4 is 11.7 Å². The number of halogens is 3. The topological polar surface area (TPSA) is 82.4 Å². The first-order valence-corrected chi connectivity index (χ1v) is 6.54. The Kier molecular flexibility index (Phi) is 6.36. The second kappa shape index (κ2) is 7.79. The number of hydrogen-bond acceptors (Lipinski definition) is 4. The van der Waals surface area contributed by atoms with E-state index in [0.29, 0.717) is 6.54 Å². The van der Waals surface area contributed by atoms with Gasteiger partial charge in [-0.25, -0.2) is 4.79 Å². The molecule has 8 heteroatoms. The van der Waals surface area contributed by atoms with Crippen molar-refractivity contribution < 1.29 is 27.8 Å². The Labute approximate surface area is 125 Å². The lowest BCUT2D eigenvalue weighted by Crippen LogP contribution is -2.33. The number of aliphatic carboxylic acids is 1. The zero-order valence-corrected chi connectivity index (χ0v) is 11.9. The third kappa shape index (κ3) is 6.13. The summed E-state index contributed by atoms with van der Waals surface area (Å²) in [5.74, 6) is -1.16. The molecule has 0 aromatic heterocycles. The third-order valence-corrected chi connectivity index (χ3v) is 2.79. The van der Waals surface area contributed by atoms with E-state index in [1.165, 1.54) is 12.1 Å². The maximum atomic E-state index is 12.5. The lowest BCUT2D eigenvalue weighted by atomic mass is 10.1. The number of hydrogen-bond donors (Lipinski definition) is 3. The molecule has 122 valence electrons. The number of alkyl halides is 3. The van der Waals surface area contributed by atoms with E-state index in [0.717, 1.165) is 12.1 Å². The number of nitrogens with one attached hydrogen (secondary N) is 2. The summed E-state index contributed by atoms with van der Waals surface area (Å²) in [5.41, 5.74) is -1.18. The van der Waals surface area contributed by atoms with Crippen LogP contribution in [0.25, 0.3) is 0 Å². The van der Waals surface area contributed by atoms with Gasteiger partial charge >= 0.3 is 12.1 Å². The summed E-state index contributed by atoms with van der Waals surface area (Å²) in [7, 11) is 0. The molecule has 0 bridgehead atoms. The van der Waals surface area contributed by atoms with Crippen LogP contribution in [0.5, 0.6) is 5.75 Å². The summed E-state index contributed by atoms with van der Waals surface area (Å²) in [5, 5.41) is 18.7. The summed E-state index contributed by atoms with van der Waals surface area (Å²) in [6, 6.07) is 4.34. The second-order valence-electron chi connectivity index (χ2n) is 4.72. The Morgan fingerprint density at radius 1 is 1.45 bits per heavy atom. The number of rotatable bonds is 8. The van der Waals surface area contributed by atoms with Crippen molar-refractivity contribution in [1.29, 1.82) is 5.41 Å². The van der Waals surface area contributed by atoms with E-state index in [9.17, 15) is 18.0 Å². The van der Waals surface area contributed by atoms with Crippen LogP contribution in [0.4, 0.5) is 13.2 Å². The highest BCUT2D eigenvalue weighted by Gasteiger charge is 2.30. The van der Waals surface area contributed by atoms with Crippen molar-refractivity contribution in [3.63, 3.8) is 0 Å². The van der Waals surface area contributed by atoms with Gasteiger partial charge in [0.2, 0.25) is 0 Å². The summed E-state index contributed by atoms with van der Waals surface area (Å²) >= 11 is 0. The van der Waals surface area contributed by atoms with Gasteiger partial charge in [-0.05, 0) is 25.1 Å². The fourth-order valence-corrected chi connectivity index (χ4v) is 1.70. The number of benzene rings is 1. The van der Waals surface area contributed by atoms with E-state index in [4.69, 9.17) is 15.3 Å². The van der Waals surface area contributed by atoms with Crippen molar-refractivity contribution in [3.8, 4) is 5.75 Å². The molecule has 1 rings (SSSR count). The van der Waals surface area contributed by atoms with E-state index in [-0.39, 0.29) is 24.8 Å². The van der Waals surface area contributed by atoms with E-state index < -0.39 is 23.4 Å². The molecule has 0 spiro atoms. The third-order valence-electron chi connectivity index (χ3n) is 2.79. The minimum absolute atomic E-state index is 0.0545. The van der Waals surface area contributed by atoms with Crippen molar-refractivity contribution in [3.05, 3.63) is 29.8 Å². The van der Waals surface area contributed by atoms with Crippen LogP contribution in [0.2, 0.25) is 0 Å². The number of carboxylic acids is 1. The first-order valence-electron chi connectivity index (χ1n) is 6.54. The summed E-state index contributed by atoms with van der Waals surface area (Å²) < 4.78 is 42.8. The monoisotopic (exact) mass is 318 g/mol. The van der Waals surface area contributed by atoms with Crippen molar-refractivity contribution in [1.82, 2.24) is 5.32 Å². The molecule has 1 atom stereocenters. The number of ether oxygens (including phenoxy) is 1. The van der Waals surface area contributed by atoms with E-state index in [1.807, 2.05) is 0 Å². The van der Waals surface area contributed by atoms with Crippen molar-refractivity contribution in [2.75, 3.05) is 13.2 Å². The second-order valence-corrected chi connectivity index (χ2v) is 4.72. The highest BCUT2D eigenvalue weighted by molar-refractivity contribution is 6.34. The minimum Gasteiger partial charge on any atom is -0.492 e. The molecule has 3 N–H and O–H groups in total. The lowest BCUT2D eigenvalue weighted by molar-refractivity contribution is -0.137. The smallest absolute Gasteiger partial charge is 0.416 e. The van der Waals surface area contributed by atoms with E-state index in [1.54, 1.807) is 6.92 Å². The first-order chi connectivity index (χ1) is 10.2. The maximum Gasteiger partial charge on any atom is 0.416 e. The van der Waals surface area contributed by atoms with Crippen molar-refractivity contribution in [2.45, 2.75) is 25.6 Å². The number of carboxylic acid groups (broad SMARTS) is 1. The summed E-state index contributed by atoms with van der Waals surface area (Å²) in [4.78, 5) is 10.5. The molecule has 0 aliphatic rings. The molecule has 0 heterocycles. The predicted molar refractivity (Wildman–Crippen MR) is 74.4 cm³/mol. The molecule has 0 saturated carbocycles. The lowest BCUT2D eigenvalue weighted by Gasteiger charge is -2.14. The highest BCUT2D eigenvalue weighted by atomic mass is 19.4. The van der Waals surface area contributed by atoms with Crippen LogP contribution in [0, 0.1) is 5.41 Å². The Morgan fingerprint density at radius 3 is 2.73 bits per heavy atom. The highest BCUT2D eigenvalue weighted by Crippen LogP contribution is 2.31. The molecule has 0 radical (unpaired) electrons. The fraction of sp³-hybridized carbons (Fsp3) is 0.429. The maximum absolute atomic E-state index is 12.5. The minimum atomic E-state index is -4.41. The molecule has 0 aliphatic heterocycles. The van der Waals surface area contributed by atoms with Gasteiger partial charge in [0.05, 0.1) is 5.56 Å². The molecule has 1 unspecified atom stereocenters. The molecule has 0 fully saturated rings. The average Bonchev–Trinajstić information content (AvgIpc) is 2.43. The van der Waals surface area contributed by atoms with Crippen LogP contribution in [-0.2, 0) is 11.0 Å². The summed E-state index contributed by atoms with van der Waals surface area (Å²) in [6.07, 6.45) is -4.36. The quantitative estimate of drug-likeness (QED) is 0.508. The van der Waals surface area contributed by atoms with Gasteiger partial charge in [-0.15, -0.1) is 0 Å². The average molecular weight is 318 g/mol. The zero-order chi connectivity index (χ0) is 16.8. The zero-order valence-electron chi connectivity index (χ0n) is 11.9. The molecule has 5 nitrogen and oxygen atoms in total. The van der Waals surface area contributed by atoms with Gasteiger partial charge in [-0.1, -0.05) is 6.07 Å². The van der Waals surface area contributed by atoms with Crippen LogP contribution in [-0.4, -0.2) is 36.0 Å². The van der Waals surface area contributed by atoms with E-state index >= 15 is 0 Å².